The molecule has 1 heterocycles. The Bertz CT molecular complexity index is 913. The quantitative estimate of drug-likeness (QED) is 0.290. The third-order valence-electron chi connectivity index (χ3n) is 4.00. The highest BCUT2D eigenvalue weighted by molar-refractivity contribution is 7.20. The van der Waals surface area contributed by atoms with Crippen molar-refractivity contribution in [3.05, 3.63) is 57.8 Å². The van der Waals surface area contributed by atoms with Gasteiger partial charge in [0.2, 0.25) is 0 Å². The summed E-state index contributed by atoms with van der Waals surface area (Å²) in [5.41, 5.74) is 1.86. The second-order valence-electron chi connectivity index (χ2n) is 6.32. The fourth-order valence-corrected chi connectivity index (χ4v) is 3.64. The molecular weight excluding hydrogens is 380 g/mol. The van der Waals surface area contributed by atoms with E-state index in [4.69, 9.17) is 4.74 Å². The summed E-state index contributed by atoms with van der Waals surface area (Å²) in [7, 11) is 0. The van der Waals surface area contributed by atoms with Gasteiger partial charge in [0.15, 0.2) is 5.78 Å². The fourth-order valence-electron chi connectivity index (χ4n) is 2.47. The van der Waals surface area contributed by atoms with Crippen molar-refractivity contribution >= 4 is 33.8 Å². The summed E-state index contributed by atoms with van der Waals surface area (Å²) in [6.07, 6.45) is 2.94. The number of ketones is 1. The predicted molar refractivity (Wildman–Crippen MR) is 110 cm³/mol. The maximum atomic E-state index is 12.4. The molecule has 28 heavy (non-hydrogen) atoms. The van der Waals surface area contributed by atoms with Gasteiger partial charge in [-0.05, 0) is 43.2 Å². The molecule has 0 spiro atoms. The number of esters is 1. The lowest BCUT2D eigenvalue weighted by atomic mass is 10.1. The van der Waals surface area contributed by atoms with E-state index >= 15 is 0 Å². The number of thiophene rings is 1. The minimum Gasteiger partial charge on any atom is -0.462 e. The van der Waals surface area contributed by atoms with Crippen molar-refractivity contribution < 1.29 is 19.2 Å². The van der Waals surface area contributed by atoms with Crippen LogP contribution in [0.1, 0.15) is 36.7 Å². The number of carbonyl (C=O) groups is 2. The summed E-state index contributed by atoms with van der Waals surface area (Å²) in [4.78, 5) is 35.4. The molecule has 0 aliphatic carbocycles. The number of hydrogen-bond acceptors (Lipinski definition) is 7. The Labute approximate surface area is 167 Å². The Morgan fingerprint density at radius 1 is 1.29 bits per heavy atom. The van der Waals surface area contributed by atoms with Crippen LogP contribution < -0.4 is 5.32 Å². The normalized spacial score (nSPS) is 11.0. The molecule has 0 radical (unpaired) electrons. The second-order valence-corrected chi connectivity index (χ2v) is 7.34. The number of nitrogens with one attached hydrogen (secondary N) is 1. The van der Waals surface area contributed by atoms with Crippen LogP contribution in [0.5, 0.6) is 0 Å². The van der Waals surface area contributed by atoms with Crippen LogP contribution in [0.2, 0.25) is 0 Å². The van der Waals surface area contributed by atoms with Crippen LogP contribution >= 0.6 is 11.3 Å². The molecule has 0 fully saturated rings. The average molecular weight is 402 g/mol. The number of hydrogen-bond donors (Lipinski definition) is 1. The van der Waals surface area contributed by atoms with Crippen molar-refractivity contribution in [2.45, 2.75) is 27.7 Å². The Kier molecular flexibility index (Phi) is 7.06. The molecule has 0 saturated carbocycles. The summed E-state index contributed by atoms with van der Waals surface area (Å²) >= 11 is 1.32. The molecule has 7 nitrogen and oxygen atoms in total. The molecule has 8 heteroatoms. The molecule has 0 aliphatic rings. The lowest BCUT2D eigenvalue weighted by molar-refractivity contribution is -0.384. The number of allylic oxidation sites excluding steroid dienone is 1. The monoisotopic (exact) mass is 402 g/mol. The molecule has 0 saturated heterocycles. The van der Waals surface area contributed by atoms with Gasteiger partial charge in [-0.1, -0.05) is 13.8 Å². The van der Waals surface area contributed by atoms with Crippen LogP contribution in [-0.4, -0.2) is 23.3 Å². The first-order valence-corrected chi connectivity index (χ1v) is 9.60. The molecule has 0 amide bonds. The third-order valence-corrected chi connectivity index (χ3v) is 5.27. The van der Waals surface area contributed by atoms with Gasteiger partial charge < -0.3 is 10.1 Å². The van der Waals surface area contributed by atoms with Crippen LogP contribution in [0.3, 0.4) is 0 Å². The number of nitrogens with zero attached hydrogens (tertiary/aromatic N) is 1. The maximum absolute atomic E-state index is 12.4. The summed E-state index contributed by atoms with van der Waals surface area (Å²) in [6.45, 7) is 7.37. The zero-order valence-electron chi connectivity index (χ0n) is 16.1. The second kappa shape index (κ2) is 9.27. The van der Waals surface area contributed by atoms with E-state index < -0.39 is 10.9 Å². The Morgan fingerprint density at radius 2 is 1.93 bits per heavy atom. The van der Waals surface area contributed by atoms with E-state index in [0.717, 1.165) is 10.4 Å². The lowest BCUT2D eigenvalue weighted by Crippen LogP contribution is -2.08. The van der Waals surface area contributed by atoms with Gasteiger partial charge in [-0.3, -0.25) is 14.9 Å². The molecule has 0 bridgehead atoms. The van der Waals surface area contributed by atoms with Crippen molar-refractivity contribution in [1.82, 2.24) is 0 Å². The number of nitro groups is 1. The first-order valence-electron chi connectivity index (χ1n) is 8.78. The van der Waals surface area contributed by atoms with E-state index in [2.05, 4.69) is 5.32 Å². The van der Waals surface area contributed by atoms with Gasteiger partial charge in [-0.25, -0.2) is 4.79 Å². The number of anilines is 1. The molecule has 2 rings (SSSR count). The average Bonchev–Trinajstić information content (AvgIpc) is 2.98. The van der Waals surface area contributed by atoms with Gasteiger partial charge in [-0.15, -0.1) is 11.3 Å². The fraction of sp³-hybridized carbons (Fsp3) is 0.300. The predicted octanol–water partition coefficient (Wildman–Crippen LogP) is 4.96. The SMILES string of the molecule is CCOC(=O)c1c(NC=CC(=O)C(C)C)sc(-c2ccc([N+](=O)[O-])cc2)c1C. The van der Waals surface area contributed by atoms with E-state index in [9.17, 15) is 19.7 Å². The van der Waals surface area contributed by atoms with Gasteiger partial charge in [0.1, 0.15) is 5.00 Å². The van der Waals surface area contributed by atoms with E-state index in [1.807, 2.05) is 0 Å². The Morgan fingerprint density at radius 3 is 2.46 bits per heavy atom. The van der Waals surface area contributed by atoms with Crippen LogP contribution in [0.4, 0.5) is 10.7 Å². The molecule has 1 aromatic heterocycles. The number of nitro benzene ring substituents is 1. The van der Waals surface area contributed by atoms with Crippen molar-refractivity contribution in [3.63, 3.8) is 0 Å². The standard InChI is InChI=1S/C20H22N2O5S/c1-5-27-20(24)17-13(4)18(14-6-8-15(9-7-14)22(25)26)28-19(17)21-11-10-16(23)12(2)3/h6-12,21H,5H2,1-4H3. The molecule has 1 aromatic carbocycles. The highest BCUT2D eigenvalue weighted by Crippen LogP contribution is 2.40. The summed E-state index contributed by atoms with van der Waals surface area (Å²) in [5, 5.41) is 14.4. The van der Waals surface area contributed by atoms with E-state index in [1.165, 1.54) is 35.7 Å². The number of ether oxygens (including phenoxy) is 1. The zero-order chi connectivity index (χ0) is 20.8. The summed E-state index contributed by atoms with van der Waals surface area (Å²) in [5.74, 6) is -0.618. The maximum Gasteiger partial charge on any atom is 0.341 e. The van der Waals surface area contributed by atoms with Crippen LogP contribution in [-0.2, 0) is 9.53 Å². The van der Waals surface area contributed by atoms with Gasteiger partial charge in [0, 0.05) is 29.1 Å². The summed E-state index contributed by atoms with van der Waals surface area (Å²) < 4.78 is 5.16. The van der Waals surface area contributed by atoms with Gasteiger partial charge in [0.25, 0.3) is 5.69 Å². The Balaban J connectivity index is 2.43. The van der Waals surface area contributed by atoms with Gasteiger partial charge in [0.05, 0.1) is 17.1 Å². The first kappa shape index (κ1) is 21.3. The topological polar surface area (TPSA) is 98.5 Å². The number of carbonyl (C=O) groups excluding carboxylic acids is 2. The van der Waals surface area contributed by atoms with Crippen molar-refractivity contribution in [2.75, 3.05) is 11.9 Å². The molecule has 2 aromatic rings. The molecule has 148 valence electrons. The van der Waals surface area contributed by atoms with Crippen molar-refractivity contribution in [1.29, 1.82) is 0 Å². The lowest BCUT2D eigenvalue weighted by Gasteiger charge is -2.05. The minimum atomic E-state index is -0.463. The number of benzene rings is 1. The van der Waals surface area contributed by atoms with Gasteiger partial charge >= 0.3 is 5.97 Å². The largest absolute Gasteiger partial charge is 0.462 e. The van der Waals surface area contributed by atoms with Crippen LogP contribution in [0.25, 0.3) is 10.4 Å². The molecular formula is C20H22N2O5S. The highest BCUT2D eigenvalue weighted by atomic mass is 32.1. The smallest absolute Gasteiger partial charge is 0.341 e. The highest BCUT2D eigenvalue weighted by Gasteiger charge is 2.23. The van der Waals surface area contributed by atoms with Crippen LogP contribution in [0, 0.1) is 23.0 Å². The minimum absolute atomic E-state index is 0.00273. The Hall–Kier alpha value is -3.00. The number of rotatable bonds is 8. The van der Waals surface area contributed by atoms with Crippen LogP contribution in [0.15, 0.2) is 36.5 Å². The third kappa shape index (κ3) is 4.83. The van der Waals surface area contributed by atoms with Gasteiger partial charge in [-0.2, -0.15) is 0 Å². The molecule has 0 aliphatic heterocycles. The van der Waals surface area contributed by atoms with E-state index in [0.29, 0.717) is 16.1 Å². The van der Waals surface area contributed by atoms with E-state index in [-0.39, 0.29) is 24.0 Å². The summed E-state index contributed by atoms with van der Waals surface area (Å²) in [6, 6.07) is 6.14. The molecule has 0 atom stereocenters. The van der Waals surface area contributed by atoms with Crippen molar-refractivity contribution in [2.24, 2.45) is 5.92 Å². The number of non-ortho nitro benzene ring substituents is 1. The van der Waals surface area contributed by atoms with E-state index in [1.54, 1.807) is 39.8 Å². The first-order chi connectivity index (χ1) is 13.3. The molecule has 0 unspecified atom stereocenters. The zero-order valence-corrected chi connectivity index (χ0v) is 17.0. The van der Waals surface area contributed by atoms with Crippen molar-refractivity contribution in [3.8, 4) is 10.4 Å². The molecule has 1 N–H and O–H groups in total.